The van der Waals surface area contributed by atoms with E-state index in [1.807, 2.05) is 0 Å². The fourth-order valence-corrected chi connectivity index (χ4v) is 6.42. The van der Waals surface area contributed by atoms with Crippen molar-refractivity contribution in [1.29, 1.82) is 0 Å². The highest BCUT2D eigenvalue weighted by Gasteiger charge is 2.52. The number of rotatable bonds is 5. The predicted molar refractivity (Wildman–Crippen MR) is 86.3 cm³/mol. The first kappa shape index (κ1) is 14.5. The first-order valence-electron chi connectivity index (χ1n) is 9.58. The van der Waals surface area contributed by atoms with Crippen LogP contribution in [0.1, 0.15) is 71.1 Å². The van der Waals surface area contributed by atoms with Gasteiger partial charge in [-0.1, -0.05) is 0 Å². The van der Waals surface area contributed by atoms with Crippen LogP contribution in [-0.2, 0) is 4.74 Å². The molecular weight excluding hydrogens is 258 g/mol. The molecule has 2 unspecified atom stereocenters. The van der Waals surface area contributed by atoms with Gasteiger partial charge in [-0.15, -0.1) is 0 Å². The first-order valence-corrected chi connectivity index (χ1v) is 9.58. The molecule has 0 aromatic heterocycles. The van der Waals surface area contributed by atoms with Crippen LogP contribution in [0.4, 0.5) is 0 Å². The van der Waals surface area contributed by atoms with Gasteiger partial charge in [0.05, 0.1) is 6.10 Å². The van der Waals surface area contributed by atoms with Crippen molar-refractivity contribution in [2.75, 3.05) is 13.2 Å². The van der Waals surface area contributed by atoms with Gasteiger partial charge in [0.15, 0.2) is 0 Å². The van der Waals surface area contributed by atoms with Crippen molar-refractivity contribution in [3.05, 3.63) is 0 Å². The summed E-state index contributed by atoms with van der Waals surface area (Å²) in [5, 5.41) is 3.91. The quantitative estimate of drug-likeness (QED) is 0.822. The number of ether oxygens (including phenoxy) is 1. The Hall–Kier alpha value is -0.0800. The van der Waals surface area contributed by atoms with Gasteiger partial charge in [-0.2, -0.15) is 0 Å². The maximum absolute atomic E-state index is 5.87. The van der Waals surface area contributed by atoms with E-state index in [9.17, 15) is 0 Å². The normalized spacial score (nSPS) is 46.7. The van der Waals surface area contributed by atoms with Crippen LogP contribution in [0.3, 0.4) is 0 Å². The van der Waals surface area contributed by atoms with E-state index in [0.29, 0.717) is 11.5 Å². The molecule has 120 valence electrons. The van der Waals surface area contributed by atoms with Crippen LogP contribution in [0.5, 0.6) is 0 Å². The van der Waals surface area contributed by atoms with Gasteiger partial charge in [0.1, 0.15) is 0 Å². The third-order valence-electron chi connectivity index (χ3n) is 7.19. The van der Waals surface area contributed by atoms with E-state index in [-0.39, 0.29) is 0 Å². The second-order valence-corrected chi connectivity index (χ2v) is 8.73. The van der Waals surface area contributed by atoms with E-state index in [1.165, 1.54) is 44.9 Å². The topological polar surface area (TPSA) is 21.3 Å². The lowest BCUT2D eigenvalue weighted by Gasteiger charge is -2.59. The number of hydrogen-bond donors (Lipinski definition) is 1. The summed E-state index contributed by atoms with van der Waals surface area (Å²) < 4.78 is 5.87. The smallest absolute Gasteiger partial charge is 0.0587 e. The molecule has 0 amide bonds. The summed E-state index contributed by atoms with van der Waals surface area (Å²) in [5.74, 6) is 3.21. The maximum atomic E-state index is 5.87. The third kappa shape index (κ3) is 2.91. The van der Waals surface area contributed by atoms with Crippen LogP contribution < -0.4 is 5.32 Å². The van der Waals surface area contributed by atoms with Crippen LogP contribution in [0.25, 0.3) is 0 Å². The highest BCUT2D eigenvalue weighted by Crippen LogP contribution is 2.61. The van der Waals surface area contributed by atoms with Crippen molar-refractivity contribution < 1.29 is 4.74 Å². The Balaban J connectivity index is 1.29. The molecule has 1 N–H and O–H groups in total. The Kier molecular flexibility index (Phi) is 4.04. The lowest BCUT2D eigenvalue weighted by Crippen LogP contribution is -2.55. The minimum atomic E-state index is 0.537. The van der Waals surface area contributed by atoms with Crippen LogP contribution >= 0.6 is 0 Å². The Morgan fingerprint density at radius 2 is 1.71 bits per heavy atom. The SMILES string of the molecule is CC(NCCC1CCCCO1)C12CC3CC(CC(C3)C1)C2. The molecule has 21 heavy (non-hydrogen) atoms. The zero-order valence-electron chi connectivity index (χ0n) is 13.8. The Labute approximate surface area is 130 Å². The van der Waals surface area contributed by atoms with Gasteiger partial charge in [-0.25, -0.2) is 0 Å². The van der Waals surface area contributed by atoms with Gasteiger partial charge in [0.25, 0.3) is 0 Å². The van der Waals surface area contributed by atoms with Crippen LogP contribution in [0.2, 0.25) is 0 Å². The van der Waals surface area contributed by atoms with E-state index in [2.05, 4.69) is 12.2 Å². The van der Waals surface area contributed by atoms with Crippen LogP contribution in [0.15, 0.2) is 0 Å². The summed E-state index contributed by atoms with van der Waals surface area (Å²) in [4.78, 5) is 0. The van der Waals surface area contributed by atoms with E-state index in [1.54, 1.807) is 19.3 Å². The van der Waals surface area contributed by atoms with Crippen LogP contribution in [-0.4, -0.2) is 25.3 Å². The first-order chi connectivity index (χ1) is 10.2. The molecule has 0 spiro atoms. The highest BCUT2D eigenvalue weighted by atomic mass is 16.5. The molecule has 1 heterocycles. The molecule has 1 saturated heterocycles. The molecule has 2 nitrogen and oxygen atoms in total. The van der Waals surface area contributed by atoms with Crippen molar-refractivity contribution >= 4 is 0 Å². The number of nitrogens with one attached hydrogen (secondary N) is 1. The average molecular weight is 291 g/mol. The predicted octanol–water partition coefficient (Wildman–Crippen LogP) is 4.14. The summed E-state index contributed by atoms with van der Waals surface area (Å²) in [6.07, 6.45) is 14.9. The monoisotopic (exact) mass is 291 g/mol. The highest BCUT2D eigenvalue weighted by molar-refractivity contribution is 5.05. The van der Waals surface area contributed by atoms with E-state index in [0.717, 1.165) is 36.9 Å². The molecule has 2 atom stereocenters. The Morgan fingerprint density at radius 3 is 2.29 bits per heavy atom. The largest absolute Gasteiger partial charge is 0.378 e. The lowest BCUT2D eigenvalue weighted by atomic mass is 9.48. The molecule has 2 heteroatoms. The summed E-state index contributed by atoms with van der Waals surface area (Å²) in [6, 6.07) is 0.717. The van der Waals surface area contributed by atoms with Crippen molar-refractivity contribution in [3.8, 4) is 0 Å². The summed E-state index contributed by atoms with van der Waals surface area (Å²) in [6.45, 7) is 4.64. The van der Waals surface area contributed by atoms with Gasteiger partial charge < -0.3 is 10.1 Å². The fraction of sp³-hybridized carbons (Fsp3) is 1.00. The standard InChI is InChI=1S/C19H33NO/c1-14(20-6-5-18-4-2-3-7-21-18)19-11-15-8-16(12-19)10-17(9-15)13-19/h14-18,20H,2-13H2,1H3. The molecule has 5 fully saturated rings. The van der Waals surface area contributed by atoms with Gasteiger partial charge in [0.2, 0.25) is 0 Å². The van der Waals surface area contributed by atoms with Crippen LogP contribution in [0, 0.1) is 23.2 Å². The molecule has 4 saturated carbocycles. The van der Waals surface area contributed by atoms with Crippen molar-refractivity contribution in [1.82, 2.24) is 5.32 Å². The summed E-state index contributed by atoms with van der Waals surface area (Å²) in [5.41, 5.74) is 0.655. The average Bonchev–Trinajstić information content (AvgIpc) is 2.47. The maximum Gasteiger partial charge on any atom is 0.0587 e. The summed E-state index contributed by atoms with van der Waals surface area (Å²) in [7, 11) is 0. The molecule has 4 bridgehead atoms. The van der Waals surface area contributed by atoms with Crippen molar-refractivity contribution in [3.63, 3.8) is 0 Å². The van der Waals surface area contributed by atoms with E-state index in [4.69, 9.17) is 4.74 Å². The lowest BCUT2D eigenvalue weighted by molar-refractivity contribution is -0.0711. The number of hydrogen-bond acceptors (Lipinski definition) is 2. The molecule has 4 aliphatic carbocycles. The molecule has 0 aromatic carbocycles. The second-order valence-electron chi connectivity index (χ2n) is 8.73. The van der Waals surface area contributed by atoms with Gasteiger partial charge in [-0.05, 0) is 101 Å². The van der Waals surface area contributed by atoms with Crippen molar-refractivity contribution in [2.24, 2.45) is 23.2 Å². The molecule has 0 aromatic rings. The molecule has 0 radical (unpaired) electrons. The minimum Gasteiger partial charge on any atom is -0.378 e. The minimum absolute atomic E-state index is 0.537. The molecule has 5 aliphatic rings. The molecule has 1 aliphatic heterocycles. The zero-order valence-corrected chi connectivity index (χ0v) is 13.8. The third-order valence-corrected chi connectivity index (χ3v) is 7.19. The van der Waals surface area contributed by atoms with E-state index >= 15 is 0 Å². The van der Waals surface area contributed by atoms with Gasteiger partial charge >= 0.3 is 0 Å². The zero-order chi connectivity index (χ0) is 14.3. The molecular formula is C19H33NO. The summed E-state index contributed by atoms with van der Waals surface area (Å²) >= 11 is 0. The van der Waals surface area contributed by atoms with Gasteiger partial charge in [0, 0.05) is 12.6 Å². The fourth-order valence-electron chi connectivity index (χ4n) is 6.42. The van der Waals surface area contributed by atoms with Crippen molar-refractivity contribution in [2.45, 2.75) is 83.3 Å². The Bertz CT molecular complexity index is 325. The van der Waals surface area contributed by atoms with E-state index < -0.39 is 0 Å². The second kappa shape index (κ2) is 5.85. The molecule has 5 rings (SSSR count). The van der Waals surface area contributed by atoms with Gasteiger partial charge in [-0.3, -0.25) is 0 Å². The Morgan fingerprint density at radius 1 is 1.05 bits per heavy atom.